The summed E-state index contributed by atoms with van der Waals surface area (Å²) in [4.78, 5) is 0. The first-order valence-corrected chi connectivity index (χ1v) is 4.58. The van der Waals surface area contributed by atoms with E-state index in [4.69, 9.17) is 0 Å². The molecule has 1 rings (SSSR count). The van der Waals surface area contributed by atoms with Crippen molar-refractivity contribution in [2.45, 2.75) is 23.2 Å². The summed E-state index contributed by atoms with van der Waals surface area (Å²) in [5.41, 5.74) is 0. The molecule has 1 fully saturated rings. The topological polar surface area (TPSA) is 43.4 Å². The fourth-order valence-electron chi connectivity index (χ4n) is 0.882. The van der Waals surface area contributed by atoms with Gasteiger partial charge in [0.05, 0.1) is 0 Å². The molecule has 0 bridgehead atoms. The molecule has 0 N–H and O–H groups in total. The third kappa shape index (κ3) is 1.19. The first kappa shape index (κ1) is 13.4. The van der Waals surface area contributed by atoms with Crippen molar-refractivity contribution in [3.8, 4) is 0 Å². The van der Waals surface area contributed by atoms with Crippen LogP contribution in [0.2, 0.25) is 0 Å². The number of halogens is 8. The number of alkyl halides is 8. The zero-order chi connectivity index (χ0) is 13.2. The maximum absolute atomic E-state index is 12.8. The molecule has 0 aliphatic carbocycles. The average molecular weight is 280 g/mol. The van der Waals surface area contributed by atoms with Crippen molar-refractivity contribution in [2.24, 2.45) is 0 Å². The average Bonchev–Trinajstić information content (AvgIpc) is 1.97. The standard InChI is InChI=1S/C4F8O3S/c5-1(6,3(8,9)10)2(7)4(11,12)15-16(2,13)14. The Labute approximate surface area is 82.1 Å². The van der Waals surface area contributed by atoms with E-state index in [-0.39, 0.29) is 0 Å². The molecular weight excluding hydrogens is 280 g/mol. The Kier molecular flexibility index (Phi) is 2.33. The van der Waals surface area contributed by atoms with Gasteiger partial charge in [0.25, 0.3) is 0 Å². The van der Waals surface area contributed by atoms with Crippen LogP contribution in [0.5, 0.6) is 0 Å². The second-order valence-electron chi connectivity index (χ2n) is 2.72. The molecule has 1 unspecified atom stereocenters. The van der Waals surface area contributed by atoms with Gasteiger partial charge in [0.15, 0.2) is 0 Å². The summed E-state index contributed by atoms with van der Waals surface area (Å²) in [6, 6.07) is 0. The first-order valence-electron chi connectivity index (χ1n) is 3.17. The van der Waals surface area contributed by atoms with Crippen molar-refractivity contribution in [3.05, 3.63) is 0 Å². The lowest BCUT2D eigenvalue weighted by Crippen LogP contribution is -2.75. The summed E-state index contributed by atoms with van der Waals surface area (Å²) in [5, 5.41) is -6.15. The first-order chi connectivity index (χ1) is 6.71. The Morgan fingerprint density at radius 2 is 1.31 bits per heavy atom. The van der Waals surface area contributed by atoms with E-state index in [0.29, 0.717) is 0 Å². The van der Waals surface area contributed by atoms with Gasteiger partial charge in [-0.25, -0.2) is 4.39 Å². The summed E-state index contributed by atoms with van der Waals surface area (Å²) in [7, 11) is -6.36. The van der Waals surface area contributed by atoms with E-state index in [1.807, 2.05) is 0 Å². The molecule has 1 atom stereocenters. The minimum Gasteiger partial charge on any atom is -0.206 e. The fraction of sp³-hybridized carbons (Fsp3) is 1.00. The summed E-state index contributed by atoms with van der Waals surface area (Å²) in [6.45, 7) is 0. The van der Waals surface area contributed by atoms with Gasteiger partial charge < -0.3 is 0 Å². The number of hydrogen-bond acceptors (Lipinski definition) is 3. The molecular formula is C4F8O3S. The van der Waals surface area contributed by atoms with Gasteiger partial charge in [-0.3, -0.25) is 0 Å². The van der Waals surface area contributed by atoms with Gasteiger partial charge in [0.1, 0.15) is 0 Å². The second-order valence-corrected chi connectivity index (χ2v) is 4.36. The van der Waals surface area contributed by atoms with Crippen LogP contribution in [0.3, 0.4) is 0 Å². The van der Waals surface area contributed by atoms with Crippen LogP contribution in [0.4, 0.5) is 35.1 Å². The quantitative estimate of drug-likeness (QED) is 0.543. The van der Waals surface area contributed by atoms with Crippen LogP contribution in [0.25, 0.3) is 0 Å². The predicted octanol–water partition coefficient (Wildman–Crippen LogP) is 1.80. The SMILES string of the molecule is O=S1(=O)OC(F)(F)C1(F)C(F)(F)C(F)(F)F. The summed E-state index contributed by atoms with van der Waals surface area (Å²) in [5.74, 6) is -6.79. The Morgan fingerprint density at radius 1 is 0.938 bits per heavy atom. The molecule has 1 aliphatic heterocycles. The molecule has 0 saturated carbocycles. The van der Waals surface area contributed by atoms with Gasteiger partial charge in [0.2, 0.25) is 0 Å². The molecule has 3 nitrogen and oxygen atoms in total. The Balaban J connectivity index is 3.42. The minimum absolute atomic E-state index is 2.39. The van der Waals surface area contributed by atoms with Crippen molar-refractivity contribution >= 4 is 10.1 Å². The third-order valence-corrected chi connectivity index (χ3v) is 3.30. The molecule has 1 aliphatic rings. The maximum Gasteiger partial charge on any atom is 0.458 e. The van der Waals surface area contributed by atoms with Gasteiger partial charge in [-0.05, 0) is 0 Å². The van der Waals surface area contributed by atoms with Crippen LogP contribution in [-0.2, 0) is 14.3 Å². The molecule has 12 heteroatoms. The van der Waals surface area contributed by atoms with Gasteiger partial charge in [-0.2, -0.15) is 43.3 Å². The van der Waals surface area contributed by atoms with Gasteiger partial charge in [-0.1, -0.05) is 0 Å². The normalized spacial score (nSPS) is 33.2. The molecule has 0 aromatic carbocycles. The van der Waals surface area contributed by atoms with Crippen molar-refractivity contribution in [3.63, 3.8) is 0 Å². The highest BCUT2D eigenvalue weighted by molar-refractivity contribution is 7.89. The third-order valence-electron chi connectivity index (χ3n) is 1.69. The Hall–Kier alpha value is -0.650. The van der Waals surface area contributed by atoms with Crippen molar-refractivity contribution in [2.75, 3.05) is 0 Å². The van der Waals surface area contributed by atoms with Crippen LogP contribution in [0.15, 0.2) is 0 Å². The van der Waals surface area contributed by atoms with Crippen LogP contribution >= 0.6 is 0 Å². The van der Waals surface area contributed by atoms with Gasteiger partial charge in [-0.15, -0.1) is 0 Å². The minimum atomic E-state index is -6.80. The van der Waals surface area contributed by atoms with Crippen molar-refractivity contribution < 1.29 is 47.7 Å². The van der Waals surface area contributed by atoms with E-state index in [1.54, 1.807) is 0 Å². The zero-order valence-electron chi connectivity index (χ0n) is 6.66. The van der Waals surface area contributed by atoms with Crippen molar-refractivity contribution in [1.82, 2.24) is 0 Å². The van der Waals surface area contributed by atoms with E-state index in [0.717, 1.165) is 0 Å². The molecule has 1 heterocycles. The molecule has 0 spiro atoms. The van der Waals surface area contributed by atoms with Crippen LogP contribution in [-0.4, -0.2) is 31.6 Å². The van der Waals surface area contributed by atoms with Crippen LogP contribution in [0.1, 0.15) is 0 Å². The second kappa shape index (κ2) is 2.78. The highest BCUT2D eigenvalue weighted by Gasteiger charge is 2.94. The maximum atomic E-state index is 12.8. The van der Waals surface area contributed by atoms with E-state index >= 15 is 0 Å². The summed E-state index contributed by atoms with van der Waals surface area (Å²) >= 11 is 0. The lowest BCUT2D eigenvalue weighted by Gasteiger charge is -2.43. The van der Waals surface area contributed by atoms with Crippen molar-refractivity contribution in [1.29, 1.82) is 0 Å². The lowest BCUT2D eigenvalue weighted by molar-refractivity contribution is -0.391. The Bertz CT molecular complexity index is 409. The molecule has 96 valence electrons. The van der Waals surface area contributed by atoms with Crippen LogP contribution < -0.4 is 0 Å². The highest BCUT2D eigenvalue weighted by Crippen LogP contribution is 2.61. The van der Waals surface area contributed by atoms with Gasteiger partial charge >= 0.3 is 33.3 Å². The fourth-order valence-corrected chi connectivity index (χ4v) is 2.03. The van der Waals surface area contributed by atoms with E-state index in [2.05, 4.69) is 4.18 Å². The molecule has 0 radical (unpaired) electrons. The monoisotopic (exact) mass is 280 g/mol. The molecule has 0 aromatic heterocycles. The van der Waals surface area contributed by atoms with Gasteiger partial charge in [0, 0.05) is 0 Å². The summed E-state index contributed by atoms with van der Waals surface area (Å²) < 4.78 is 119. The van der Waals surface area contributed by atoms with E-state index in [9.17, 15) is 43.5 Å². The predicted molar refractivity (Wildman–Crippen MR) is 29.8 cm³/mol. The molecule has 1 saturated heterocycles. The number of hydrogen-bond donors (Lipinski definition) is 0. The molecule has 0 aromatic rings. The van der Waals surface area contributed by atoms with Crippen LogP contribution in [0, 0.1) is 0 Å². The smallest absolute Gasteiger partial charge is 0.206 e. The largest absolute Gasteiger partial charge is 0.458 e. The summed E-state index contributed by atoms with van der Waals surface area (Å²) in [6.07, 6.45) is -12.6. The van der Waals surface area contributed by atoms with E-state index in [1.165, 1.54) is 0 Å². The highest BCUT2D eigenvalue weighted by atomic mass is 32.2. The number of rotatable bonds is 1. The van der Waals surface area contributed by atoms with E-state index < -0.39 is 33.3 Å². The molecule has 0 amide bonds. The molecule has 16 heavy (non-hydrogen) atoms. The zero-order valence-corrected chi connectivity index (χ0v) is 7.47. The lowest BCUT2D eigenvalue weighted by atomic mass is 10.1. The Morgan fingerprint density at radius 3 is 1.44 bits per heavy atom.